The van der Waals surface area contributed by atoms with Gasteiger partial charge in [0.15, 0.2) is 0 Å². The summed E-state index contributed by atoms with van der Waals surface area (Å²) in [5.74, 6) is 1.12. The summed E-state index contributed by atoms with van der Waals surface area (Å²) in [4.78, 5) is 5.71. The van der Waals surface area contributed by atoms with Crippen LogP contribution < -0.4 is 0 Å². The molecular formula is C15H14N2OS. The molecule has 0 amide bonds. The minimum absolute atomic E-state index is 0.299. The number of imidazole rings is 1. The van der Waals surface area contributed by atoms with Gasteiger partial charge in [0.1, 0.15) is 11.4 Å². The van der Waals surface area contributed by atoms with Gasteiger partial charge in [-0.2, -0.15) is 0 Å². The third kappa shape index (κ3) is 2.74. The zero-order valence-electron chi connectivity index (χ0n) is 10.6. The molecule has 0 bridgehead atoms. The first kappa shape index (κ1) is 12.1. The number of aromatic nitrogens is 2. The quantitative estimate of drug-likeness (QED) is 0.738. The molecule has 0 saturated carbocycles. The van der Waals surface area contributed by atoms with Gasteiger partial charge in [0.2, 0.25) is 0 Å². The molecule has 1 N–H and O–H groups in total. The van der Waals surface area contributed by atoms with Gasteiger partial charge in [-0.25, -0.2) is 4.98 Å². The summed E-state index contributed by atoms with van der Waals surface area (Å²) in [6.45, 7) is 2.07. The molecule has 2 aromatic heterocycles. The lowest BCUT2D eigenvalue weighted by molar-refractivity contribution is 0.475. The molecule has 0 spiro atoms. The third-order valence-electron chi connectivity index (χ3n) is 2.87. The summed E-state index contributed by atoms with van der Waals surface area (Å²) in [5, 5.41) is 9.24. The van der Waals surface area contributed by atoms with Crippen molar-refractivity contribution in [3.8, 4) is 5.75 Å². The lowest BCUT2D eigenvalue weighted by atomic mass is 10.3. The van der Waals surface area contributed by atoms with Gasteiger partial charge < -0.3 is 9.51 Å². The van der Waals surface area contributed by atoms with Gasteiger partial charge in [0.05, 0.1) is 5.69 Å². The van der Waals surface area contributed by atoms with E-state index in [0.717, 1.165) is 22.0 Å². The van der Waals surface area contributed by atoms with Gasteiger partial charge in [-0.3, -0.25) is 0 Å². The average Bonchev–Trinajstić information content (AvgIpc) is 2.80. The van der Waals surface area contributed by atoms with E-state index >= 15 is 0 Å². The van der Waals surface area contributed by atoms with E-state index in [-0.39, 0.29) is 0 Å². The maximum Gasteiger partial charge on any atom is 0.137 e. The van der Waals surface area contributed by atoms with Crippen molar-refractivity contribution in [2.75, 3.05) is 0 Å². The molecule has 0 unspecified atom stereocenters. The largest absolute Gasteiger partial charge is 0.508 e. The minimum atomic E-state index is 0.299. The van der Waals surface area contributed by atoms with E-state index in [4.69, 9.17) is 0 Å². The van der Waals surface area contributed by atoms with E-state index in [0.29, 0.717) is 5.75 Å². The Labute approximate surface area is 115 Å². The molecule has 0 radical (unpaired) electrons. The fraction of sp³-hybridized carbons (Fsp3) is 0.133. The molecule has 3 aromatic rings. The predicted molar refractivity (Wildman–Crippen MR) is 77.6 cm³/mol. The Balaban J connectivity index is 1.76. The molecule has 0 aliphatic carbocycles. The van der Waals surface area contributed by atoms with Crippen LogP contribution in [0.4, 0.5) is 0 Å². The fourth-order valence-electron chi connectivity index (χ4n) is 1.92. The summed E-state index contributed by atoms with van der Waals surface area (Å²) in [7, 11) is 0. The number of aryl methyl sites for hydroxylation is 1. The smallest absolute Gasteiger partial charge is 0.137 e. The number of fused-ring (bicyclic) bond motifs is 1. The first-order valence-electron chi connectivity index (χ1n) is 6.07. The number of hydrogen-bond acceptors (Lipinski definition) is 3. The highest BCUT2D eigenvalue weighted by Crippen LogP contribution is 2.24. The molecule has 19 heavy (non-hydrogen) atoms. The standard InChI is InChI=1S/C15H14N2OS/c1-11-2-7-15-16-12(9-17(15)8-11)10-19-14-5-3-13(18)4-6-14/h2-9,18H,10H2,1H3. The van der Waals surface area contributed by atoms with Crippen LogP contribution >= 0.6 is 11.8 Å². The maximum atomic E-state index is 9.24. The normalized spacial score (nSPS) is 11.0. The van der Waals surface area contributed by atoms with Gasteiger partial charge in [-0.05, 0) is 42.8 Å². The second kappa shape index (κ2) is 4.97. The van der Waals surface area contributed by atoms with Crippen molar-refractivity contribution < 1.29 is 5.11 Å². The molecule has 4 heteroatoms. The Hall–Kier alpha value is -1.94. The Morgan fingerprint density at radius 1 is 1.11 bits per heavy atom. The Morgan fingerprint density at radius 2 is 1.89 bits per heavy atom. The zero-order valence-corrected chi connectivity index (χ0v) is 11.4. The Bertz CT molecular complexity index is 704. The first-order valence-corrected chi connectivity index (χ1v) is 7.05. The van der Waals surface area contributed by atoms with Crippen molar-refractivity contribution in [1.82, 2.24) is 9.38 Å². The summed E-state index contributed by atoms with van der Waals surface area (Å²) in [5.41, 5.74) is 3.26. The lowest BCUT2D eigenvalue weighted by Gasteiger charge is -1.99. The topological polar surface area (TPSA) is 37.5 Å². The van der Waals surface area contributed by atoms with E-state index in [2.05, 4.69) is 34.8 Å². The van der Waals surface area contributed by atoms with Crippen LogP contribution in [0.25, 0.3) is 5.65 Å². The van der Waals surface area contributed by atoms with Crippen molar-refractivity contribution in [2.45, 2.75) is 17.6 Å². The monoisotopic (exact) mass is 270 g/mol. The SMILES string of the molecule is Cc1ccc2nc(CSc3ccc(O)cc3)cn2c1. The summed E-state index contributed by atoms with van der Waals surface area (Å²) >= 11 is 1.71. The maximum absolute atomic E-state index is 9.24. The van der Waals surface area contributed by atoms with E-state index < -0.39 is 0 Å². The summed E-state index contributed by atoms with van der Waals surface area (Å²) in [6, 6.07) is 11.3. The Morgan fingerprint density at radius 3 is 2.68 bits per heavy atom. The van der Waals surface area contributed by atoms with Crippen molar-refractivity contribution in [1.29, 1.82) is 0 Å². The number of pyridine rings is 1. The van der Waals surface area contributed by atoms with Crippen LogP contribution in [0.3, 0.4) is 0 Å². The van der Waals surface area contributed by atoms with E-state index in [1.165, 1.54) is 5.56 Å². The molecule has 2 heterocycles. The molecule has 0 fully saturated rings. The fourth-order valence-corrected chi connectivity index (χ4v) is 2.71. The van der Waals surface area contributed by atoms with E-state index in [1.54, 1.807) is 23.9 Å². The molecule has 0 atom stereocenters. The lowest BCUT2D eigenvalue weighted by Crippen LogP contribution is -1.82. The second-order valence-corrected chi connectivity index (χ2v) is 5.54. The molecule has 3 nitrogen and oxygen atoms in total. The number of aromatic hydroxyl groups is 1. The molecule has 96 valence electrons. The number of rotatable bonds is 3. The molecule has 0 aliphatic rings. The van der Waals surface area contributed by atoms with Gasteiger partial charge in [-0.15, -0.1) is 11.8 Å². The van der Waals surface area contributed by atoms with Crippen molar-refractivity contribution in [2.24, 2.45) is 0 Å². The van der Waals surface area contributed by atoms with Crippen molar-refractivity contribution >= 4 is 17.4 Å². The zero-order chi connectivity index (χ0) is 13.2. The van der Waals surface area contributed by atoms with Crippen LogP contribution in [0.1, 0.15) is 11.3 Å². The number of hydrogen-bond donors (Lipinski definition) is 1. The number of thioether (sulfide) groups is 1. The van der Waals surface area contributed by atoms with Crippen LogP contribution in [0, 0.1) is 6.92 Å². The summed E-state index contributed by atoms with van der Waals surface area (Å²) < 4.78 is 2.06. The summed E-state index contributed by atoms with van der Waals surface area (Å²) in [6.07, 6.45) is 4.15. The van der Waals surface area contributed by atoms with Crippen molar-refractivity contribution in [3.63, 3.8) is 0 Å². The molecule has 0 saturated heterocycles. The van der Waals surface area contributed by atoms with E-state index in [1.807, 2.05) is 18.2 Å². The molecule has 0 aliphatic heterocycles. The molecular weight excluding hydrogens is 256 g/mol. The highest BCUT2D eigenvalue weighted by Gasteiger charge is 2.03. The van der Waals surface area contributed by atoms with Gasteiger partial charge >= 0.3 is 0 Å². The average molecular weight is 270 g/mol. The van der Waals surface area contributed by atoms with Gasteiger partial charge in [0.25, 0.3) is 0 Å². The number of phenolic OH excluding ortho intramolecular Hbond substituents is 1. The van der Waals surface area contributed by atoms with Crippen LogP contribution in [-0.2, 0) is 5.75 Å². The number of nitrogens with zero attached hydrogens (tertiary/aromatic N) is 2. The second-order valence-electron chi connectivity index (χ2n) is 4.49. The number of phenols is 1. The van der Waals surface area contributed by atoms with Gasteiger partial charge in [0, 0.05) is 23.0 Å². The number of benzene rings is 1. The Kier molecular flexibility index (Phi) is 3.17. The first-order chi connectivity index (χ1) is 9.20. The highest BCUT2D eigenvalue weighted by atomic mass is 32.2. The minimum Gasteiger partial charge on any atom is -0.508 e. The molecule has 3 rings (SSSR count). The van der Waals surface area contributed by atoms with E-state index in [9.17, 15) is 5.11 Å². The predicted octanol–water partition coefficient (Wildman–Crippen LogP) is 3.64. The highest BCUT2D eigenvalue weighted by molar-refractivity contribution is 7.98. The molecule has 1 aromatic carbocycles. The van der Waals surface area contributed by atoms with Gasteiger partial charge in [-0.1, -0.05) is 6.07 Å². The third-order valence-corrected chi connectivity index (χ3v) is 3.92. The van der Waals surface area contributed by atoms with Crippen molar-refractivity contribution in [3.05, 3.63) is 60.0 Å². The van der Waals surface area contributed by atoms with Crippen LogP contribution in [0.2, 0.25) is 0 Å². The van der Waals surface area contributed by atoms with Crippen LogP contribution in [0.15, 0.2) is 53.7 Å². The van der Waals surface area contributed by atoms with Crippen LogP contribution in [0.5, 0.6) is 5.75 Å². The van der Waals surface area contributed by atoms with Crippen LogP contribution in [-0.4, -0.2) is 14.5 Å².